The molecule has 0 atom stereocenters. The van der Waals surface area contributed by atoms with Crippen molar-refractivity contribution in [2.45, 2.75) is 31.9 Å². The van der Waals surface area contributed by atoms with Gasteiger partial charge in [0.1, 0.15) is 12.3 Å². The molecule has 0 radical (unpaired) electrons. The molecule has 0 aliphatic rings. The highest BCUT2D eigenvalue weighted by Crippen LogP contribution is 2.30. The zero-order valence-corrected chi connectivity index (χ0v) is 14.3. The third-order valence-electron chi connectivity index (χ3n) is 3.60. The lowest BCUT2D eigenvalue weighted by Crippen LogP contribution is -2.10. The first-order valence-electron chi connectivity index (χ1n) is 8.24. The summed E-state index contributed by atoms with van der Waals surface area (Å²) in [5.74, 6) is -0.856. The third kappa shape index (κ3) is 6.69. The molecule has 0 aliphatic heterocycles. The van der Waals surface area contributed by atoms with Crippen molar-refractivity contribution < 1.29 is 27.9 Å². The average Bonchev–Trinajstić information content (AvgIpc) is 2.64. The quantitative estimate of drug-likeness (QED) is 0.404. The van der Waals surface area contributed by atoms with E-state index < -0.39 is 17.7 Å². The van der Waals surface area contributed by atoms with Gasteiger partial charge in [-0.25, -0.2) is 0 Å². The van der Waals surface area contributed by atoms with Crippen LogP contribution in [0.15, 0.2) is 47.9 Å². The molecule has 2 aromatic rings. The molecule has 0 amide bonds. The Kier molecular flexibility index (Phi) is 7.27. The van der Waals surface area contributed by atoms with E-state index in [1.807, 2.05) is 0 Å². The summed E-state index contributed by atoms with van der Waals surface area (Å²) in [5, 5.41) is 19.9. The normalized spacial score (nSPS) is 12.0. The number of hydrogen-bond acceptors (Lipinski definition) is 5. The lowest BCUT2D eigenvalue weighted by atomic mass is 10.0. The highest BCUT2D eigenvalue weighted by Gasteiger charge is 2.30. The van der Waals surface area contributed by atoms with Crippen molar-refractivity contribution in [2.24, 2.45) is 5.16 Å². The van der Waals surface area contributed by atoms with Crippen molar-refractivity contribution in [1.82, 2.24) is 10.2 Å². The predicted octanol–water partition coefficient (Wildman–Crippen LogP) is 3.91. The van der Waals surface area contributed by atoms with Crippen LogP contribution in [0.4, 0.5) is 13.2 Å². The fraction of sp³-hybridized carbons (Fsp3) is 0.333. The van der Waals surface area contributed by atoms with Crippen LogP contribution in [0.2, 0.25) is 0 Å². The SMILES string of the molecule is O=C(O)CCCCCO/N=C(/c1ccnnc1)c1cccc(C(F)(F)F)c1. The van der Waals surface area contributed by atoms with Gasteiger partial charge in [-0.15, -0.1) is 0 Å². The molecule has 0 bridgehead atoms. The number of carboxylic acids is 1. The molecule has 0 saturated heterocycles. The number of rotatable bonds is 9. The average molecular weight is 381 g/mol. The first kappa shape index (κ1) is 20.3. The fourth-order valence-corrected chi connectivity index (χ4v) is 2.28. The summed E-state index contributed by atoms with van der Waals surface area (Å²) >= 11 is 0. The molecule has 0 spiro atoms. The molecular formula is C18H18F3N3O3. The Morgan fingerprint density at radius 1 is 1.11 bits per heavy atom. The van der Waals surface area contributed by atoms with E-state index in [4.69, 9.17) is 9.94 Å². The largest absolute Gasteiger partial charge is 0.481 e. The second kappa shape index (κ2) is 9.65. The fourth-order valence-electron chi connectivity index (χ4n) is 2.28. The Morgan fingerprint density at radius 3 is 2.59 bits per heavy atom. The monoisotopic (exact) mass is 381 g/mol. The van der Waals surface area contributed by atoms with Gasteiger partial charge in [0.2, 0.25) is 0 Å². The number of alkyl halides is 3. The molecule has 1 aromatic carbocycles. The molecule has 0 aliphatic carbocycles. The summed E-state index contributed by atoms with van der Waals surface area (Å²) in [6.07, 6.45) is 0.166. The number of aliphatic carboxylic acids is 1. The number of carbonyl (C=O) groups is 1. The lowest BCUT2D eigenvalue weighted by Gasteiger charge is -2.11. The molecule has 0 unspecified atom stereocenters. The highest BCUT2D eigenvalue weighted by molar-refractivity contribution is 6.12. The summed E-state index contributed by atoms with van der Waals surface area (Å²) in [7, 11) is 0. The second-order valence-corrected chi connectivity index (χ2v) is 5.69. The molecule has 1 N–H and O–H groups in total. The first-order chi connectivity index (χ1) is 12.9. The Hall–Kier alpha value is -2.97. The van der Waals surface area contributed by atoms with Crippen LogP contribution in [-0.2, 0) is 15.8 Å². The van der Waals surface area contributed by atoms with Crippen molar-refractivity contribution in [2.75, 3.05) is 6.61 Å². The molecule has 2 rings (SSSR count). The molecular weight excluding hydrogens is 363 g/mol. The first-order valence-corrected chi connectivity index (χ1v) is 8.24. The topological polar surface area (TPSA) is 84.7 Å². The molecule has 1 aromatic heterocycles. The Balaban J connectivity index is 2.12. The molecule has 144 valence electrons. The minimum atomic E-state index is -4.47. The molecule has 27 heavy (non-hydrogen) atoms. The zero-order chi connectivity index (χ0) is 19.7. The Morgan fingerprint density at radius 2 is 1.93 bits per heavy atom. The van der Waals surface area contributed by atoms with Crippen molar-refractivity contribution in [3.63, 3.8) is 0 Å². The van der Waals surface area contributed by atoms with Gasteiger partial charge in [-0.3, -0.25) is 4.79 Å². The number of hydrogen-bond donors (Lipinski definition) is 1. The van der Waals surface area contributed by atoms with Crippen molar-refractivity contribution in [3.8, 4) is 0 Å². The van der Waals surface area contributed by atoms with E-state index in [9.17, 15) is 18.0 Å². The van der Waals surface area contributed by atoms with Crippen LogP contribution in [0, 0.1) is 0 Å². The van der Waals surface area contributed by atoms with Gasteiger partial charge in [0.25, 0.3) is 0 Å². The van der Waals surface area contributed by atoms with E-state index >= 15 is 0 Å². The van der Waals surface area contributed by atoms with Crippen LogP contribution in [0.3, 0.4) is 0 Å². The number of halogens is 3. The van der Waals surface area contributed by atoms with E-state index in [-0.39, 0.29) is 24.3 Å². The van der Waals surface area contributed by atoms with E-state index in [0.29, 0.717) is 24.8 Å². The van der Waals surface area contributed by atoms with Crippen molar-refractivity contribution in [3.05, 3.63) is 59.4 Å². The predicted molar refractivity (Wildman–Crippen MR) is 91.2 cm³/mol. The van der Waals surface area contributed by atoms with Crippen LogP contribution < -0.4 is 0 Å². The summed E-state index contributed by atoms with van der Waals surface area (Å²) in [6, 6.07) is 6.35. The van der Waals surface area contributed by atoms with Gasteiger partial charge in [-0.1, -0.05) is 17.3 Å². The number of unbranched alkanes of at least 4 members (excludes halogenated alkanes) is 2. The van der Waals surface area contributed by atoms with E-state index in [1.54, 1.807) is 6.07 Å². The number of aromatic nitrogens is 2. The van der Waals surface area contributed by atoms with E-state index in [2.05, 4.69) is 15.4 Å². The standard InChI is InChI=1S/C18H18F3N3O3/c19-18(20,21)15-6-4-5-13(11-15)17(14-8-9-22-23-12-14)24-27-10-3-1-2-7-16(25)26/h4-6,8-9,11-12H,1-3,7,10H2,(H,25,26)/b24-17+. The maximum Gasteiger partial charge on any atom is 0.416 e. The van der Waals surface area contributed by atoms with Crippen LogP contribution in [0.25, 0.3) is 0 Å². The minimum absolute atomic E-state index is 0.0848. The van der Waals surface area contributed by atoms with Gasteiger partial charge in [0.15, 0.2) is 0 Å². The second-order valence-electron chi connectivity index (χ2n) is 5.69. The highest BCUT2D eigenvalue weighted by atomic mass is 19.4. The van der Waals surface area contributed by atoms with Gasteiger partial charge in [-0.2, -0.15) is 23.4 Å². The van der Waals surface area contributed by atoms with Crippen LogP contribution in [0.1, 0.15) is 42.4 Å². The molecule has 6 nitrogen and oxygen atoms in total. The summed E-state index contributed by atoms with van der Waals surface area (Å²) in [4.78, 5) is 15.7. The Labute approximate surface area is 153 Å². The maximum absolute atomic E-state index is 13.0. The van der Waals surface area contributed by atoms with Gasteiger partial charge in [-0.05, 0) is 37.5 Å². The number of benzene rings is 1. The Bertz CT molecular complexity index is 780. The summed E-state index contributed by atoms with van der Waals surface area (Å²) in [5.41, 5.74) is 0.129. The summed E-state index contributed by atoms with van der Waals surface area (Å²) in [6.45, 7) is 0.223. The van der Waals surface area contributed by atoms with Gasteiger partial charge < -0.3 is 9.94 Å². The van der Waals surface area contributed by atoms with E-state index in [1.165, 1.54) is 24.5 Å². The van der Waals surface area contributed by atoms with Crippen molar-refractivity contribution >= 4 is 11.7 Å². The maximum atomic E-state index is 13.0. The van der Waals surface area contributed by atoms with Crippen molar-refractivity contribution in [1.29, 1.82) is 0 Å². The smallest absolute Gasteiger partial charge is 0.416 e. The van der Waals surface area contributed by atoms with Crippen LogP contribution in [0.5, 0.6) is 0 Å². The van der Waals surface area contributed by atoms with Gasteiger partial charge in [0, 0.05) is 17.5 Å². The minimum Gasteiger partial charge on any atom is -0.481 e. The summed E-state index contributed by atoms with van der Waals surface area (Å²) < 4.78 is 38.9. The van der Waals surface area contributed by atoms with Crippen LogP contribution in [-0.4, -0.2) is 33.6 Å². The number of nitrogens with zero attached hydrogens (tertiary/aromatic N) is 3. The van der Waals surface area contributed by atoms with Crippen LogP contribution >= 0.6 is 0 Å². The van der Waals surface area contributed by atoms with E-state index in [0.717, 1.165) is 12.1 Å². The number of oxime groups is 1. The third-order valence-corrected chi connectivity index (χ3v) is 3.60. The molecule has 0 fully saturated rings. The molecule has 0 saturated carbocycles. The van der Waals surface area contributed by atoms with Gasteiger partial charge in [0.05, 0.1) is 18.0 Å². The number of carboxylic acid groups (broad SMARTS) is 1. The lowest BCUT2D eigenvalue weighted by molar-refractivity contribution is -0.138. The zero-order valence-electron chi connectivity index (χ0n) is 14.3. The molecule has 1 heterocycles. The molecule has 9 heteroatoms. The van der Waals surface area contributed by atoms with Gasteiger partial charge >= 0.3 is 12.1 Å².